The molecular weight excluding hydrogens is 370 g/mol. The van der Waals surface area contributed by atoms with Crippen LogP contribution in [-0.2, 0) is 4.79 Å². The third-order valence-electron chi connectivity index (χ3n) is 6.03. The minimum absolute atomic E-state index is 0.0854. The second-order valence-corrected chi connectivity index (χ2v) is 8.04. The summed E-state index contributed by atoms with van der Waals surface area (Å²) in [4.78, 5) is 34.9. The van der Waals surface area contributed by atoms with Gasteiger partial charge in [-0.3, -0.25) is 9.78 Å². The van der Waals surface area contributed by atoms with Crippen molar-refractivity contribution in [3.05, 3.63) is 24.5 Å². The molecule has 8 heteroatoms. The molecule has 3 rings (SSSR count). The number of pyridine rings is 1. The molecule has 0 saturated carbocycles. The highest BCUT2D eigenvalue weighted by Crippen LogP contribution is 2.23. The first kappa shape index (κ1) is 21.4. The van der Waals surface area contributed by atoms with Crippen LogP contribution in [0.5, 0.6) is 0 Å². The smallest absolute Gasteiger partial charge is 0.405 e. The summed E-state index contributed by atoms with van der Waals surface area (Å²) in [7, 11) is 0. The van der Waals surface area contributed by atoms with Crippen LogP contribution >= 0.6 is 0 Å². The molecule has 8 nitrogen and oxygen atoms in total. The van der Waals surface area contributed by atoms with E-state index in [2.05, 4.69) is 27.0 Å². The molecule has 0 unspecified atom stereocenters. The summed E-state index contributed by atoms with van der Waals surface area (Å²) in [6.45, 7) is 8.07. The largest absolute Gasteiger partial charge is 0.465 e. The van der Waals surface area contributed by atoms with Crippen LogP contribution in [0.1, 0.15) is 32.6 Å². The van der Waals surface area contributed by atoms with Crippen molar-refractivity contribution in [1.82, 2.24) is 20.1 Å². The average Bonchev–Trinajstić information content (AvgIpc) is 2.75. The maximum atomic E-state index is 13.1. The molecule has 29 heavy (non-hydrogen) atoms. The summed E-state index contributed by atoms with van der Waals surface area (Å²) in [6.07, 6.45) is 6.22. The van der Waals surface area contributed by atoms with E-state index < -0.39 is 12.1 Å². The summed E-state index contributed by atoms with van der Waals surface area (Å²) in [5.41, 5.74) is 1.10. The van der Waals surface area contributed by atoms with E-state index in [1.54, 1.807) is 12.4 Å². The van der Waals surface area contributed by atoms with Gasteiger partial charge in [0.25, 0.3) is 0 Å². The van der Waals surface area contributed by atoms with E-state index in [0.717, 1.165) is 57.7 Å². The van der Waals surface area contributed by atoms with Crippen molar-refractivity contribution >= 4 is 17.7 Å². The fourth-order valence-corrected chi connectivity index (χ4v) is 4.43. The number of piperidine rings is 1. The molecule has 0 radical (unpaired) electrons. The Morgan fingerprint density at radius 2 is 1.79 bits per heavy atom. The molecular formula is C21H33N5O3. The fourth-order valence-electron chi connectivity index (χ4n) is 4.43. The van der Waals surface area contributed by atoms with Gasteiger partial charge in [-0.25, -0.2) is 4.79 Å². The molecule has 2 saturated heterocycles. The van der Waals surface area contributed by atoms with Gasteiger partial charge in [-0.2, -0.15) is 0 Å². The maximum Gasteiger partial charge on any atom is 0.405 e. The summed E-state index contributed by atoms with van der Waals surface area (Å²) in [6, 6.07) is 3.29. The van der Waals surface area contributed by atoms with E-state index in [9.17, 15) is 14.7 Å². The number of hydrogen-bond acceptors (Lipinski definition) is 5. The number of nitrogens with zero attached hydrogens (tertiary/aromatic N) is 4. The minimum atomic E-state index is -1.12. The lowest BCUT2D eigenvalue weighted by molar-refractivity contribution is -0.134. The highest BCUT2D eigenvalue weighted by atomic mass is 16.4. The molecule has 0 aromatic carbocycles. The number of likely N-dealkylation sites (tertiary alicyclic amines) is 1. The first-order valence-corrected chi connectivity index (χ1v) is 10.7. The van der Waals surface area contributed by atoms with Crippen LogP contribution in [-0.4, -0.2) is 83.7 Å². The van der Waals surface area contributed by atoms with Gasteiger partial charge in [-0.15, -0.1) is 0 Å². The molecule has 0 bridgehead atoms. The average molecular weight is 404 g/mol. The van der Waals surface area contributed by atoms with Crippen molar-refractivity contribution in [1.29, 1.82) is 0 Å². The Balaban J connectivity index is 1.53. The third-order valence-corrected chi connectivity index (χ3v) is 6.03. The van der Waals surface area contributed by atoms with Crippen LogP contribution < -0.4 is 10.2 Å². The van der Waals surface area contributed by atoms with E-state index in [0.29, 0.717) is 25.4 Å². The van der Waals surface area contributed by atoms with Gasteiger partial charge in [0.05, 0.1) is 0 Å². The molecule has 2 aliphatic rings. The Morgan fingerprint density at radius 1 is 1.14 bits per heavy atom. The Labute approximate surface area is 172 Å². The molecule has 0 aliphatic carbocycles. The van der Waals surface area contributed by atoms with Crippen molar-refractivity contribution < 1.29 is 14.7 Å². The van der Waals surface area contributed by atoms with Gasteiger partial charge in [0.2, 0.25) is 5.91 Å². The maximum absolute atomic E-state index is 13.1. The van der Waals surface area contributed by atoms with E-state index in [1.165, 1.54) is 0 Å². The predicted octanol–water partition coefficient (Wildman–Crippen LogP) is 1.88. The molecule has 1 aromatic heterocycles. The van der Waals surface area contributed by atoms with Crippen molar-refractivity contribution in [2.75, 3.05) is 50.7 Å². The Kier molecular flexibility index (Phi) is 7.69. The number of anilines is 1. The van der Waals surface area contributed by atoms with Crippen LogP contribution in [0.4, 0.5) is 10.5 Å². The Bertz CT molecular complexity index is 656. The number of hydrogen-bond donors (Lipinski definition) is 2. The summed E-state index contributed by atoms with van der Waals surface area (Å²) >= 11 is 0. The van der Waals surface area contributed by atoms with Crippen molar-refractivity contribution in [3.63, 3.8) is 0 Å². The van der Waals surface area contributed by atoms with E-state index in [1.807, 2.05) is 17.0 Å². The highest BCUT2D eigenvalue weighted by molar-refractivity contribution is 5.85. The molecule has 1 aromatic rings. The quantitative estimate of drug-likeness (QED) is 0.723. The van der Waals surface area contributed by atoms with Crippen molar-refractivity contribution in [3.8, 4) is 0 Å². The topological polar surface area (TPSA) is 89.0 Å². The van der Waals surface area contributed by atoms with Crippen molar-refractivity contribution in [2.24, 2.45) is 5.92 Å². The summed E-state index contributed by atoms with van der Waals surface area (Å²) in [5.74, 6) is 0.305. The zero-order valence-corrected chi connectivity index (χ0v) is 17.3. The zero-order chi connectivity index (χ0) is 20.6. The predicted molar refractivity (Wildman–Crippen MR) is 112 cm³/mol. The molecule has 2 N–H and O–H groups in total. The molecule has 2 fully saturated rings. The van der Waals surface area contributed by atoms with Crippen LogP contribution in [0, 0.1) is 5.92 Å². The van der Waals surface area contributed by atoms with Gasteiger partial charge in [-0.1, -0.05) is 6.92 Å². The van der Waals surface area contributed by atoms with Crippen molar-refractivity contribution in [2.45, 2.75) is 38.6 Å². The zero-order valence-electron chi connectivity index (χ0n) is 17.3. The molecule has 2 aliphatic heterocycles. The SMILES string of the molecule is CCCN1CCC(C[C@H](NC(=O)O)C(=O)N2CCN(c3ccncc3)CC2)CC1. The molecule has 0 spiro atoms. The number of piperazine rings is 1. The first-order valence-electron chi connectivity index (χ1n) is 10.7. The highest BCUT2D eigenvalue weighted by Gasteiger charge is 2.31. The Morgan fingerprint density at radius 3 is 2.38 bits per heavy atom. The van der Waals surface area contributed by atoms with Crippen LogP contribution in [0.3, 0.4) is 0 Å². The summed E-state index contributed by atoms with van der Waals surface area (Å²) in [5, 5.41) is 11.8. The van der Waals surface area contributed by atoms with Gasteiger partial charge in [0.15, 0.2) is 0 Å². The first-order chi connectivity index (χ1) is 14.1. The number of nitrogens with one attached hydrogen (secondary N) is 1. The Hall–Kier alpha value is -2.35. The molecule has 3 heterocycles. The summed E-state index contributed by atoms with van der Waals surface area (Å²) < 4.78 is 0. The van der Waals surface area contributed by atoms with Crippen LogP contribution in [0.25, 0.3) is 0 Å². The van der Waals surface area contributed by atoms with Gasteiger partial charge >= 0.3 is 6.09 Å². The van der Waals surface area contributed by atoms with E-state index in [4.69, 9.17) is 0 Å². The van der Waals surface area contributed by atoms with Gasteiger partial charge in [0, 0.05) is 44.3 Å². The second kappa shape index (κ2) is 10.4. The third kappa shape index (κ3) is 6.06. The number of carboxylic acid groups (broad SMARTS) is 1. The molecule has 160 valence electrons. The monoisotopic (exact) mass is 403 g/mol. The molecule has 1 atom stereocenters. The number of carbonyl (C=O) groups excluding carboxylic acids is 1. The lowest BCUT2D eigenvalue weighted by Crippen LogP contribution is -2.55. The normalized spacial score (nSPS) is 19.8. The van der Waals surface area contributed by atoms with Gasteiger partial charge in [-0.05, 0) is 63.4 Å². The number of rotatable bonds is 7. The molecule has 2 amide bonds. The van der Waals surface area contributed by atoms with Crippen LogP contribution in [0.15, 0.2) is 24.5 Å². The second-order valence-electron chi connectivity index (χ2n) is 8.04. The minimum Gasteiger partial charge on any atom is -0.465 e. The van der Waals surface area contributed by atoms with E-state index in [-0.39, 0.29) is 5.91 Å². The van der Waals surface area contributed by atoms with Gasteiger partial charge in [0.1, 0.15) is 6.04 Å². The number of aromatic nitrogens is 1. The number of carbonyl (C=O) groups is 2. The lowest BCUT2D eigenvalue weighted by Gasteiger charge is -2.38. The standard InChI is InChI=1S/C21H33N5O3/c1-2-9-24-10-5-17(6-11-24)16-19(23-21(28)29)20(27)26-14-12-25(13-15-26)18-3-7-22-8-4-18/h3-4,7-8,17,19,23H,2,5-6,9-16H2,1H3,(H,28,29)/t19-/m0/s1. The fraction of sp³-hybridized carbons (Fsp3) is 0.667. The van der Waals surface area contributed by atoms with Gasteiger partial charge < -0.3 is 25.1 Å². The van der Waals surface area contributed by atoms with Crippen LogP contribution in [0.2, 0.25) is 0 Å². The van der Waals surface area contributed by atoms with E-state index >= 15 is 0 Å². The lowest BCUT2D eigenvalue weighted by atomic mass is 9.89. The number of amides is 2.